The van der Waals surface area contributed by atoms with Crippen molar-refractivity contribution in [3.05, 3.63) is 65.2 Å². The summed E-state index contributed by atoms with van der Waals surface area (Å²) in [7, 11) is 3.91. The van der Waals surface area contributed by atoms with E-state index >= 15 is 0 Å². The van der Waals surface area contributed by atoms with Gasteiger partial charge in [0.2, 0.25) is 0 Å². The lowest BCUT2D eigenvalue weighted by molar-refractivity contribution is 0.386. The second kappa shape index (κ2) is 9.10. The lowest BCUT2D eigenvalue weighted by atomic mass is 10.1. The molecule has 24 heavy (non-hydrogen) atoms. The van der Waals surface area contributed by atoms with Crippen LogP contribution < -0.4 is 5.73 Å². The highest BCUT2D eigenvalue weighted by atomic mass is 32.2. The number of aromatic hydroxyl groups is 1. The van der Waals surface area contributed by atoms with E-state index in [0.717, 1.165) is 16.9 Å². The number of amidine groups is 1. The molecule has 3 N–H and O–H groups in total. The fourth-order valence-electron chi connectivity index (χ4n) is 2.07. The Kier molecular flexibility index (Phi) is 6.84. The molecule has 0 fully saturated rings. The molecule has 126 valence electrons. The number of thioether (sulfide) groups is 1. The van der Waals surface area contributed by atoms with Crippen LogP contribution in [0.1, 0.15) is 16.7 Å². The minimum Gasteiger partial charge on any atom is -0.508 e. The van der Waals surface area contributed by atoms with Crippen LogP contribution in [0.4, 0.5) is 0 Å². The highest BCUT2D eigenvalue weighted by molar-refractivity contribution is 8.13. The van der Waals surface area contributed by atoms with Crippen molar-refractivity contribution >= 4 is 23.1 Å². The topological polar surface area (TPSA) is 74.2 Å². The number of phenolic OH excluding ortho intramolecular Hbond substituents is 1. The van der Waals surface area contributed by atoms with Crippen LogP contribution in [0.3, 0.4) is 0 Å². The highest BCUT2D eigenvalue weighted by Gasteiger charge is 2.03. The van der Waals surface area contributed by atoms with Gasteiger partial charge in [0.25, 0.3) is 0 Å². The molecule has 0 heterocycles. The SMILES string of the molecule is CN(C)Cc1cc(C=NN=C(N)SCc2ccccc2)ccc1O. The van der Waals surface area contributed by atoms with Gasteiger partial charge in [0, 0.05) is 17.9 Å². The molecule has 0 aliphatic carbocycles. The molecule has 6 heteroatoms. The van der Waals surface area contributed by atoms with Crippen molar-refractivity contribution in [2.45, 2.75) is 12.3 Å². The van der Waals surface area contributed by atoms with Crippen molar-refractivity contribution in [2.24, 2.45) is 15.9 Å². The molecule has 0 spiro atoms. The van der Waals surface area contributed by atoms with E-state index in [9.17, 15) is 5.11 Å². The Bertz CT molecular complexity index is 714. The Morgan fingerprint density at radius 1 is 1.21 bits per heavy atom. The first-order chi connectivity index (χ1) is 11.5. The Balaban J connectivity index is 1.94. The van der Waals surface area contributed by atoms with Gasteiger partial charge in [0.05, 0.1) is 6.21 Å². The zero-order valence-electron chi connectivity index (χ0n) is 13.9. The molecular formula is C18H22N4OS. The number of hydrogen-bond acceptors (Lipinski definition) is 5. The van der Waals surface area contributed by atoms with Gasteiger partial charge >= 0.3 is 0 Å². The Labute approximate surface area is 146 Å². The molecule has 2 aromatic rings. The number of nitrogens with zero attached hydrogens (tertiary/aromatic N) is 3. The number of phenols is 1. The van der Waals surface area contributed by atoms with Crippen LogP contribution >= 0.6 is 11.8 Å². The summed E-state index contributed by atoms with van der Waals surface area (Å²) in [6.45, 7) is 0.659. The van der Waals surface area contributed by atoms with Crippen molar-refractivity contribution in [3.63, 3.8) is 0 Å². The highest BCUT2D eigenvalue weighted by Crippen LogP contribution is 2.19. The van der Waals surface area contributed by atoms with E-state index in [1.165, 1.54) is 17.3 Å². The third-order valence-electron chi connectivity index (χ3n) is 3.18. The maximum Gasteiger partial charge on any atom is 0.180 e. The van der Waals surface area contributed by atoms with Crippen LogP contribution in [0.2, 0.25) is 0 Å². The van der Waals surface area contributed by atoms with Crippen LogP contribution in [0.5, 0.6) is 5.75 Å². The average molecular weight is 342 g/mol. The summed E-state index contributed by atoms with van der Waals surface area (Å²) in [5.74, 6) is 1.04. The molecule has 0 radical (unpaired) electrons. The monoisotopic (exact) mass is 342 g/mol. The summed E-state index contributed by atoms with van der Waals surface area (Å²) >= 11 is 1.45. The molecule has 2 aromatic carbocycles. The van der Waals surface area contributed by atoms with Gasteiger partial charge in [0.15, 0.2) is 5.17 Å². The zero-order valence-corrected chi connectivity index (χ0v) is 14.7. The van der Waals surface area contributed by atoms with E-state index in [-0.39, 0.29) is 5.75 Å². The minimum absolute atomic E-state index is 0.280. The van der Waals surface area contributed by atoms with Gasteiger partial charge in [-0.2, -0.15) is 5.10 Å². The molecule has 0 atom stereocenters. The molecule has 5 nitrogen and oxygen atoms in total. The number of hydrogen-bond donors (Lipinski definition) is 2. The van der Waals surface area contributed by atoms with Gasteiger partial charge in [-0.15, -0.1) is 5.10 Å². The first kappa shape index (κ1) is 18.0. The molecule has 0 saturated carbocycles. The van der Waals surface area contributed by atoms with E-state index in [1.807, 2.05) is 55.4 Å². The minimum atomic E-state index is 0.280. The van der Waals surface area contributed by atoms with Gasteiger partial charge in [-0.1, -0.05) is 42.1 Å². The third-order valence-corrected chi connectivity index (χ3v) is 4.04. The van der Waals surface area contributed by atoms with Crippen molar-refractivity contribution in [2.75, 3.05) is 14.1 Å². The molecule has 0 bridgehead atoms. The van der Waals surface area contributed by atoms with Gasteiger partial charge in [-0.3, -0.25) is 0 Å². The van der Waals surface area contributed by atoms with Crippen LogP contribution in [0.25, 0.3) is 0 Å². The summed E-state index contributed by atoms with van der Waals surface area (Å²) in [5, 5.41) is 18.3. The van der Waals surface area contributed by atoms with E-state index in [0.29, 0.717) is 11.7 Å². The van der Waals surface area contributed by atoms with Crippen LogP contribution in [0, 0.1) is 0 Å². The Morgan fingerprint density at radius 3 is 2.67 bits per heavy atom. The Hall–Kier alpha value is -2.31. The first-order valence-corrected chi connectivity index (χ1v) is 8.53. The molecule has 0 amide bonds. The molecular weight excluding hydrogens is 320 g/mol. The fraction of sp³-hybridized carbons (Fsp3) is 0.222. The zero-order chi connectivity index (χ0) is 17.4. The normalized spacial score (nSPS) is 12.2. The van der Waals surface area contributed by atoms with Crippen LogP contribution in [-0.2, 0) is 12.3 Å². The van der Waals surface area contributed by atoms with E-state index in [1.54, 1.807) is 18.3 Å². The summed E-state index contributed by atoms with van der Waals surface area (Å²) in [5.41, 5.74) is 8.77. The van der Waals surface area contributed by atoms with Crippen molar-refractivity contribution in [3.8, 4) is 5.75 Å². The summed E-state index contributed by atoms with van der Waals surface area (Å²) in [6.07, 6.45) is 1.63. The summed E-state index contributed by atoms with van der Waals surface area (Å²) < 4.78 is 0. The Morgan fingerprint density at radius 2 is 1.96 bits per heavy atom. The predicted molar refractivity (Wildman–Crippen MR) is 102 cm³/mol. The average Bonchev–Trinajstić information content (AvgIpc) is 2.56. The second-order valence-electron chi connectivity index (χ2n) is 5.58. The maximum atomic E-state index is 9.85. The first-order valence-electron chi connectivity index (χ1n) is 7.54. The van der Waals surface area contributed by atoms with Crippen LogP contribution in [-0.4, -0.2) is 35.5 Å². The van der Waals surface area contributed by atoms with E-state index < -0.39 is 0 Å². The van der Waals surface area contributed by atoms with Gasteiger partial charge in [0.1, 0.15) is 5.75 Å². The van der Waals surface area contributed by atoms with Gasteiger partial charge < -0.3 is 15.7 Å². The smallest absolute Gasteiger partial charge is 0.180 e. The third kappa shape index (κ3) is 6.06. The predicted octanol–water partition coefficient (Wildman–Crippen LogP) is 3.04. The maximum absolute atomic E-state index is 9.85. The van der Waals surface area contributed by atoms with E-state index in [2.05, 4.69) is 10.2 Å². The quantitative estimate of drug-likeness (QED) is 0.481. The second-order valence-corrected chi connectivity index (χ2v) is 6.58. The standard InChI is InChI=1S/C18H22N4OS/c1-22(2)12-16-10-15(8-9-17(16)23)11-20-21-18(19)24-13-14-6-4-3-5-7-14/h3-11,23H,12-13H2,1-2H3,(H2,19,21). The molecule has 2 rings (SSSR count). The van der Waals surface area contributed by atoms with Gasteiger partial charge in [-0.05, 0) is 43.4 Å². The lowest BCUT2D eigenvalue weighted by Crippen LogP contribution is -2.11. The van der Waals surface area contributed by atoms with Crippen molar-refractivity contribution in [1.29, 1.82) is 0 Å². The van der Waals surface area contributed by atoms with Crippen LogP contribution in [0.15, 0.2) is 58.7 Å². The lowest BCUT2D eigenvalue weighted by Gasteiger charge is -2.11. The van der Waals surface area contributed by atoms with Crippen molar-refractivity contribution < 1.29 is 5.11 Å². The summed E-state index contributed by atoms with van der Waals surface area (Å²) in [4.78, 5) is 1.99. The molecule has 0 unspecified atom stereocenters. The number of benzene rings is 2. The fourth-order valence-corrected chi connectivity index (χ4v) is 2.68. The number of rotatable bonds is 6. The number of nitrogens with two attached hydrogens (primary N) is 1. The molecule has 0 saturated heterocycles. The van der Waals surface area contributed by atoms with E-state index in [4.69, 9.17) is 5.73 Å². The molecule has 0 aliphatic rings. The van der Waals surface area contributed by atoms with Gasteiger partial charge in [-0.25, -0.2) is 0 Å². The summed E-state index contributed by atoms with van der Waals surface area (Å²) in [6, 6.07) is 15.4. The van der Waals surface area contributed by atoms with Crippen molar-refractivity contribution in [1.82, 2.24) is 4.90 Å². The molecule has 0 aliphatic heterocycles. The largest absolute Gasteiger partial charge is 0.508 e. The molecule has 0 aromatic heterocycles.